The van der Waals surface area contributed by atoms with Gasteiger partial charge in [-0.15, -0.1) is 0 Å². The Balaban J connectivity index is 0.707. The lowest BCUT2D eigenvalue weighted by Gasteiger charge is -2.58. The number of piperazine rings is 1. The van der Waals surface area contributed by atoms with Gasteiger partial charge in [-0.3, -0.25) is 39.2 Å². The van der Waals surface area contributed by atoms with Crippen molar-refractivity contribution < 1.29 is 28.0 Å². The van der Waals surface area contributed by atoms with Crippen LogP contribution in [0.5, 0.6) is 0 Å². The highest BCUT2D eigenvalue weighted by molar-refractivity contribution is 6.23. The van der Waals surface area contributed by atoms with Gasteiger partial charge >= 0.3 is 0 Å². The Kier molecular flexibility index (Phi) is 10.0. The number of pyridine rings is 1. The summed E-state index contributed by atoms with van der Waals surface area (Å²) in [5.74, 6) is -1.24. The lowest BCUT2D eigenvalue weighted by atomic mass is 9.84. The number of rotatable bonds is 10. The molecule has 3 atom stereocenters. The molecule has 15 nitrogen and oxygen atoms in total. The van der Waals surface area contributed by atoms with E-state index in [1.165, 1.54) is 6.07 Å². The summed E-state index contributed by atoms with van der Waals surface area (Å²) < 4.78 is 32.1. The van der Waals surface area contributed by atoms with Gasteiger partial charge in [0.05, 0.1) is 22.8 Å². The largest absolute Gasteiger partial charge is 0.368 e. The Morgan fingerprint density at radius 1 is 0.871 bits per heavy atom. The third-order valence-electron chi connectivity index (χ3n) is 13.2. The lowest BCUT2D eigenvalue weighted by molar-refractivity contribution is -0.136. The zero-order chi connectivity index (χ0) is 43.0. The first-order valence-corrected chi connectivity index (χ1v) is 21.4. The lowest BCUT2D eigenvalue weighted by Crippen LogP contribution is -2.69. The highest BCUT2D eigenvalue weighted by atomic mass is 19.1. The third-order valence-corrected chi connectivity index (χ3v) is 13.2. The summed E-state index contributed by atoms with van der Waals surface area (Å²) >= 11 is 0. The maximum absolute atomic E-state index is 15.2. The Bertz CT molecular complexity index is 2630. The number of imidazole rings is 1. The predicted octanol–water partition coefficient (Wildman–Crippen LogP) is 5.38. The number of nitrogens with zero attached hydrogens (tertiary/aromatic N) is 9. The fourth-order valence-corrected chi connectivity index (χ4v) is 10.1. The molecule has 320 valence electrons. The van der Waals surface area contributed by atoms with Gasteiger partial charge in [-0.1, -0.05) is 6.07 Å². The number of anilines is 3. The van der Waals surface area contributed by atoms with Crippen molar-refractivity contribution >= 4 is 52.1 Å². The van der Waals surface area contributed by atoms with E-state index in [-0.39, 0.29) is 36.0 Å². The number of aryl methyl sites for hydroxylation is 1. The van der Waals surface area contributed by atoms with Crippen LogP contribution in [0, 0.1) is 24.5 Å². The fraction of sp³-hybridized carbons (Fsp3) is 0.422. The number of halogens is 2. The van der Waals surface area contributed by atoms with E-state index in [2.05, 4.69) is 45.3 Å². The first-order valence-electron chi connectivity index (χ1n) is 21.4. The van der Waals surface area contributed by atoms with Crippen LogP contribution in [-0.4, -0.2) is 114 Å². The van der Waals surface area contributed by atoms with Crippen molar-refractivity contribution in [1.29, 1.82) is 0 Å². The number of aromatic nitrogens is 5. The molecule has 2 aromatic carbocycles. The van der Waals surface area contributed by atoms with Crippen molar-refractivity contribution in [1.82, 2.24) is 44.5 Å². The molecule has 6 aliphatic rings. The van der Waals surface area contributed by atoms with Crippen LogP contribution in [0.25, 0.3) is 22.3 Å². The first-order chi connectivity index (χ1) is 29.9. The summed E-state index contributed by atoms with van der Waals surface area (Å²) in [5, 5.41) is 5.32. The number of hydrogen-bond acceptors (Lipinski definition) is 12. The second-order valence-corrected chi connectivity index (χ2v) is 17.6. The molecular weight excluding hydrogens is 797 g/mol. The standard InChI is InChI=1S/C45H47F2N11O4/c1-24(2)57-25(3)50-41-34(46)14-28(15-37(41)57)40-35(47)19-49-45(53-40)51-38-8-4-27(18-48-38)20-54-12-10-26(11-13-54)21-56-30-16-31(56)23-55(22-30)29-5-6-32-33(17-29)44(62)58(43(32)61)36-7-9-39(59)52-42(36)60/h4-6,8,14-15,17-19,24,26,30-31,36H,7,9-13,16,20-23H2,1-3H3,(H,52,59,60)(H,48,49,51,53). The Labute approximate surface area is 356 Å². The van der Waals surface area contributed by atoms with E-state index in [1.807, 2.05) is 49.7 Å². The summed E-state index contributed by atoms with van der Waals surface area (Å²) in [6.07, 6.45) is 6.49. The van der Waals surface area contributed by atoms with Crippen LogP contribution in [0.15, 0.2) is 54.9 Å². The fourth-order valence-electron chi connectivity index (χ4n) is 10.1. The van der Waals surface area contributed by atoms with E-state index in [0.717, 1.165) is 80.9 Å². The number of carbonyl (C=O) groups is 4. The maximum Gasteiger partial charge on any atom is 0.262 e. The van der Waals surface area contributed by atoms with Gasteiger partial charge in [0, 0.05) is 68.2 Å². The Hall–Kier alpha value is -6.20. The molecule has 62 heavy (non-hydrogen) atoms. The zero-order valence-electron chi connectivity index (χ0n) is 34.8. The molecule has 9 heterocycles. The molecule has 2 N–H and O–H groups in total. The summed E-state index contributed by atoms with van der Waals surface area (Å²) in [7, 11) is 0. The number of benzene rings is 2. The molecule has 17 heteroatoms. The molecule has 3 unspecified atom stereocenters. The molecule has 0 saturated carbocycles. The molecule has 5 fully saturated rings. The van der Waals surface area contributed by atoms with Gasteiger partial charge in [-0.2, -0.15) is 0 Å². The maximum atomic E-state index is 15.2. The summed E-state index contributed by atoms with van der Waals surface area (Å²) in [4.78, 5) is 76.6. The minimum Gasteiger partial charge on any atom is -0.368 e. The van der Waals surface area contributed by atoms with E-state index in [1.54, 1.807) is 18.2 Å². The molecule has 0 aliphatic carbocycles. The minimum absolute atomic E-state index is 0.0204. The number of fused-ring (bicyclic) bond motifs is 4. The topological polar surface area (TPSA) is 162 Å². The third kappa shape index (κ3) is 7.15. The van der Waals surface area contributed by atoms with Crippen LogP contribution < -0.4 is 15.5 Å². The number of carbonyl (C=O) groups excluding carboxylic acids is 4. The van der Waals surface area contributed by atoms with E-state index in [4.69, 9.17) is 0 Å². The van der Waals surface area contributed by atoms with E-state index in [9.17, 15) is 19.2 Å². The quantitative estimate of drug-likeness (QED) is 0.173. The van der Waals surface area contributed by atoms with Crippen LogP contribution in [-0.2, 0) is 16.1 Å². The van der Waals surface area contributed by atoms with Crippen molar-refractivity contribution in [3.8, 4) is 11.3 Å². The van der Waals surface area contributed by atoms with Gasteiger partial charge in [-0.05, 0) is 107 Å². The Morgan fingerprint density at radius 3 is 2.37 bits per heavy atom. The van der Waals surface area contributed by atoms with Crippen LogP contribution in [0.3, 0.4) is 0 Å². The van der Waals surface area contributed by atoms with Gasteiger partial charge in [0.25, 0.3) is 11.8 Å². The van der Waals surface area contributed by atoms with Gasteiger partial charge in [0.2, 0.25) is 17.8 Å². The second kappa shape index (κ2) is 15.6. The van der Waals surface area contributed by atoms with Crippen molar-refractivity contribution in [3.05, 3.63) is 89.0 Å². The van der Waals surface area contributed by atoms with Gasteiger partial charge < -0.3 is 14.8 Å². The molecule has 2 bridgehead atoms. The number of amides is 4. The normalized spacial score (nSPS) is 22.1. The van der Waals surface area contributed by atoms with Crippen LogP contribution in [0.1, 0.15) is 84.1 Å². The molecule has 3 aromatic heterocycles. The molecule has 0 radical (unpaired) electrons. The minimum atomic E-state index is -0.977. The Morgan fingerprint density at radius 2 is 1.65 bits per heavy atom. The monoisotopic (exact) mass is 843 g/mol. The van der Waals surface area contributed by atoms with E-state index < -0.39 is 41.3 Å². The average Bonchev–Trinajstić information content (AvgIpc) is 3.73. The average molecular weight is 844 g/mol. The van der Waals surface area contributed by atoms with Crippen molar-refractivity contribution in [2.45, 2.75) is 83.6 Å². The molecule has 5 saturated heterocycles. The molecule has 6 aliphatic heterocycles. The summed E-state index contributed by atoms with van der Waals surface area (Å²) in [6, 6.07) is 12.1. The van der Waals surface area contributed by atoms with Gasteiger partial charge in [0.1, 0.15) is 28.9 Å². The number of nitrogens with one attached hydrogen (secondary N) is 2. The highest BCUT2D eigenvalue weighted by Crippen LogP contribution is 2.38. The highest BCUT2D eigenvalue weighted by Gasteiger charge is 2.47. The number of hydrogen-bond donors (Lipinski definition) is 2. The molecule has 5 aromatic rings. The zero-order valence-corrected chi connectivity index (χ0v) is 34.8. The number of piperidine rings is 3. The van der Waals surface area contributed by atoms with E-state index in [0.29, 0.717) is 51.9 Å². The summed E-state index contributed by atoms with van der Waals surface area (Å²) in [5.41, 5.74) is 3.68. The number of imide groups is 2. The van der Waals surface area contributed by atoms with E-state index >= 15 is 8.78 Å². The van der Waals surface area contributed by atoms with Gasteiger partial charge in [0.15, 0.2) is 11.6 Å². The molecule has 4 amide bonds. The van der Waals surface area contributed by atoms with Gasteiger partial charge in [-0.25, -0.2) is 28.7 Å². The van der Waals surface area contributed by atoms with Crippen molar-refractivity contribution in [3.63, 3.8) is 0 Å². The molecular formula is C45H47F2N11O4. The van der Waals surface area contributed by atoms with Crippen LogP contribution in [0.2, 0.25) is 0 Å². The second-order valence-electron chi connectivity index (χ2n) is 17.6. The molecule has 11 rings (SSSR count). The SMILES string of the molecule is Cc1nc2c(F)cc(-c3nc(Nc4ccc(CN5CCC(CN6C7CC6CN(c6ccc8c(c6)C(=O)N(C6CCC(=O)NC6=O)C8=O)C7)CC5)cn4)ncc3F)cc2n1C(C)C. The van der Waals surface area contributed by atoms with Crippen LogP contribution >= 0.6 is 0 Å². The van der Waals surface area contributed by atoms with Crippen molar-refractivity contribution in [2.24, 2.45) is 5.92 Å². The molecule has 0 spiro atoms. The predicted molar refractivity (Wildman–Crippen MR) is 226 cm³/mol. The number of likely N-dealkylation sites (tertiary alicyclic amines) is 1. The summed E-state index contributed by atoms with van der Waals surface area (Å²) in [6.45, 7) is 11.3. The smallest absolute Gasteiger partial charge is 0.262 e. The van der Waals surface area contributed by atoms with Crippen LogP contribution in [0.4, 0.5) is 26.2 Å². The van der Waals surface area contributed by atoms with Crippen molar-refractivity contribution in [2.75, 3.05) is 42.9 Å². The first kappa shape index (κ1) is 39.9.